The summed E-state index contributed by atoms with van der Waals surface area (Å²) >= 11 is 6.00. The van der Waals surface area contributed by atoms with E-state index in [-0.39, 0.29) is 11.9 Å². The summed E-state index contributed by atoms with van der Waals surface area (Å²) < 4.78 is 5.60. The van der Waals surface area contributed by atoms with Crippen LogP contribution >= 0.6 is 11.6 Å². The van der Waals surface area contributed by atoms with Crippen molar-refractivity contribution in [1.29, 1.82) is 0 Å². The number of benzene rings is 1. The van der Waals surface area contributed by atoms with Crippen molar-refractivity contribution in [3.63, 3.8) is 0 Å². The Balaban J connectivity index is 1.50. The first-order chi connectivity index (χ1) is 13.2. The van der Waals surface area contributed by atoms with Gasteiger partial charge in [0.2, 0.25) is 5.91 Å². The van der Waals surface area contributed by atoms with Gasteiger partial charge in [-0.05, 0) is 55.8 Å². The summed E-state index contributed by atoms with van der Waals surface area (Å²) in [5.41, 5.74) is 1.88. The molecule has 5 nitrogen and oxygen atoms in total. The lowest BCUT2D eigenvalue weighted by Gasteiger charge is -2.27. The fourth-order valence-electron chi connectivity index (χ4n) is 3.81. The van der Waals surface area contributed by atoms with E-state index < -0.39 is 0 Å². The van der Waals surface area contributed by atoms with Crippen LogP contribution in [-0.2, 0) is 4.79 Å². The number of carbonyl (C=O) groups is 1. The Morgan fingerprint density at radius 2 is 1.93 bits per heavy atom. The molecule has 0 saturated carbocycles. The minimum Gasteiger partial charge on any atom is -0.467 e. The maximum atomic E-state index is 13.0. The van der Waals surface area contributed by atoms with Crippen molar-refractivity contribution in [1.82, 2.24) is 9.91 Å². The molecule has 0 radical (unpaired) electrons. The summed E-state index contributed by atoms with van der Waals surface area (Å²) in [6.45, 7) is 2.98. The van der Waals surface area contributed by atoms with Crippen LogP contribution in [0.25, 0.3) is 0 Å². The molecule has 1 amide bonds. The predicted octanol–water partition coefficient (Wildman–Crippen LogP) is 4.49. The second-order valence-electron chi connectivity index (χ2n) is 7.18. The number of rotatable bonds is 5. The van der Waals surface area contributed by atoms with E-state index in [1.54, 1.807) is 11.3 Å². The number of hydrazone groups is 1. The Morgan fingerprint density at radius 3 is 2.63 bits per heavy atom. The topological polar surface area (TPSA) is 49.1 Å². The number of hydrogen-bond donors (Lipinski definition) is 0. The molecule has 0 N–H and O–H groups in total. The molecule has 0 aliphatic carbocycles. The maximum Gasteiger partial charge on any atom is 0.244 e. The highest BCUT2D eigenvalue weighted by molar-refractivity contribution is 6.30. The van der Waals surface area contributed by atoms with E-state index in [4.69, 9.17) is 16.0 Å². The summed E-state index contributed by atoms with van der Waals surface area (Å²) in [7, 11) is 0. The van der Waals surface area contributed by atoms with Crippen LogP contribution in [0.5, 0.6) is 0 Å². The number of likely N-dealkylation sites (tertiary alicyclic amines) is 1. The second kappa shape index (κ2) is 8.28. The van der Waals surface area contributed by atoms with Crippen LogP contribution in [0, 0.1) is 0 Å². The number of hydrogen-bond acceptors (Lipinski definition) is 4. The second-order valence-corrected chi connectivity index (χ2v) is 7.62. The van der Waals surface area contributed by atoms with E-state index in [1.165, 1.54) is 19.3 Å². The third kappa shape index (κ3) is 4.25. The molecule has 27 heavy (non-hydrogen) atoms. The highest BCUT2D eigenvalue weighted by Gasteiger charge is 2.34. The molecular formula is C21H24ClN3O2. The Labute approximate surface area is 164 Å². The first kappa shape index (κ1) is 18.3. The van der Waals surface area contributed by atoms with E-state index in [0.29, 0.717) is 17.9 Å². The normalized spacial score (nSPS) is 20.7. The highest BCUT2D eigenvalue weighted by atomic mass is 35.5. The number of nitrogens with zero attached hydrogens (tertiary/aromatic N) is 3. The molecule has 0 bridgehead atoms. The van der Waals surface area contributed by atoms with Gasteiger partial charge in [0, 0.05) is 24.4 Å². The Morgan fingerprint density at radius 1 is 1.15 bits per heavy atom. The molecule has 0 unspecified atom stereocenters. The molecule has 1 aromatic heterocycles. The Kier molecular flexibility index (Phi) is 5.60. The Hall–Kier alpha value is -2.11. The van der Waals surface area contributed by atoms with Crippen LogP contribution in [0.3, 0.4) is 0 Å². The Bertz CT molecular complexity index is 795. The molecule has 2 aliphatic rings. The van der Waals surface area contributed by atoms with Gasteiger partial charge in [0.1, 0.15) is 11.8 Å². The molecule has 142 valence electrons. The van der Waals surface area contributed by atoms with Crippen molar-refractivity contribution >= 4 is 23.2 Å². The van der Waals surface area contributed by atoms with Crippen LogP contribution in [0.15, 0.2) is 52.2 Å². The van der Waals surface area contributed by atoms with Gasteiger partial charge < -0.3 is 9.32 Å². The van der Waals surface area contributed by atoms with E-state index in [1.807, 2.05) is 36.4 Å². The average molecular weight is 386 g/mol. The van der Waals surface area contributed by atoms with Gasteiger partial charge in [0.15, 0.2) is 0 Å². The highest BCUT2D eigenvalue weighted by Crippen LogP contribution is 2.33. The van der Waals surface area contributed by atoms with Gasteiger partial charge in [-0.2, -0.15) is 5.10 Å². The van der Waals surface area contributed by atoms with E-state index in [0.717, 1.165) is 36.7 Å². The minimum absolute atomic E-state index is 0.0472. The molecule has 1 saturated heterocycles. The number of carbonyl (C=O) groups excluding carboxylic acids is 1. The number of halogens is 1. The van der Waals surface area contributed by atoms with Crippen LogP contribution in [-0.4, -0.2) is 41.2 Å². The van der Waals surface area contributed by atoms with Gasteiger partial charge in [-0.25, -0.2) is 5.01 Å². The zero-order valence-corrected chi connectivity index (χ0v) is 16.1. The van der Waals surface area contributed by atoms with Crippen molar-refractivity contribution in [2.45, 2.75) is 38.1 Å². The first-order valence-corrected chi connectivity index (χ1v) is 10.00. The molecular weight excluding hydrogens is 362 g/mol. The van der Waals surface area contributed by atoms with Gasteiger partial charge in [0.25, 0.3) is 0 Å². The van der Waals surface area contributed by atoms with E-state index in [9.17, 15) is 4.79 Å². The van der Waals surface area contributed by atoms with Crippen LogP contribution in [0.2, 0.25) is 5.02 Å². The zero-order chi connectivity index (χ0) is 18.6. The molecule has 0 spiro atoms. The molecule has 2 aromatic rings. The van der Waals surface area contributed by atoms with Gasteiger partial charge in [0.05, 0.1) is 12.0 Å². The first-order valence-electron chi connectivity index (χ1n) is 9.62. The lowest BCUT2D eigenvalue weighted by Crippen LogP contribution is -2.34. The fourth-order valence-corrected chi connectivity index (χ4v) is 3.94. The van der Waals surface area contributed by atoms with E-state index >= 15 is 0 Å². The van der Waals surface area contributed by atoms with Crippen molar-refractivity contribution in [3.8, 4) is 0 Å². The fraction of sp³-hybridized carbons (Fsp3) is 0.429. The third-order valence-electron chi connectivity index (χ3n) is 5.31. The van der Waals surface area contributed by atoms with Crippen LogP contribution in [0.4, 0.5) is 0 Å². The van der Waals surface area contributed by atoms with Gasteiger partial charge in [-0.3, -0.25) is 4.79 Å². The van der Waals surface area contributed by atoms with Crippen molar-refractivity contribution in [2.75, 3.05) is 19.6 Å². The average Bonchev–Trinajstić information content (AvgIpc) is 3.37. The largest absolute Gasteiger partial charge is 0.467 e. The van der Waals surface area contributed by atoms with Gasteiger partial charge in [-0.1, -0.05) is 30.2 Å². The summed E-state index contributed by atoms with van der Waals surface area (Å²) in [4.78, 5) is 15.3. The van der Waals surface area contributed by atoms with Crippen molar-refractivity contribution in [2.24, 2.45) is 5.10 Å². The van der Waals surface area contributed by atoms with Crippen molar-refractivity contribution < 1.29 is 9.21 Å². The summed E-state index contributed by atoms with van der Waals surface area (Å²) in [5.74, 6) is 0.819. The lowest BCUT2D eigenvalue weighted by molar-refractivity contribution is -0.133. The summed E-state index contributed by atoms with van der Waals surface area (Å²) in [6.07, 6.45) is 6.52. The monoisotopic (exact) mass is 385 g/mol. The SMILES string of the molecule is O=C(CCN1CCCCC1)N1N=C(c2ccc(Cl)cc2)C[C@@H]1c1ccco1. The molecule has 1 atom stereocenters. The van der Waals surface area contributed by atoms with Crippen LogP contribution < -0.4 is 0 Å². The van der Waals surface area contributed by atoms with Gasteiger partial charge in [-0.15, -0.1) is 0 Å². The molecule has 6 heteroatoms. The third-order valence-corrected chi connectivity index (χ3v) is 5.56. The smallest absolute Gasteiger partial charge is 0.244 e. The molecule has 3 heterocycles. The van der Waals surface area contributed by atoms with E-state index in [2.05, 4.69) is 10.0 Å². The maximum absolute atomic E-state index is 13.0. The minimum atomic E-state index is -0.181. The predicted molar refractivity (Wildman–Crippen MR) is 106 cm³/mol. The summed E-state index contributed by atoms with van der Waals surface area (Å²) in [5, 5.41) is 6.97. The van der Waals surface area contributed by atoms with Crippen LogP contribution in [0.1, 0.15) is 49.5 Å². The molecule has 1 fully saturated rings. The quantitative estimate of drug-likeness (QED) is 0.762. The zero-order valence-electron chi connectivity index (χ0n) is 15.3. The van der Waals surface area contributed by atoms with Crippen molar-refractivity contribution in [3.05, 3.63) is 59.0 Å². The summed E-state index contributed by atoms with van der Waals surface area (Å²) in [6, 6.07) is 11.2. The lowest BCUT2D eigenvalue weighted by atomic mass is 10.0. The number of furan rings is 1. The molecule has 1 aromatic carbocycles. The standard InChI is InChI=1S/C21H24ClN3O2/c22-17-8-6-16(7-9-17)18-15-19(20-5-4-14-27-20)25(23-18)21(26)10-13-24-11-2-1-3-12-24/h4-9,14,19H,1-3,10-13,15H2/t19-/m1/s1. The number of piperidine rings is 1. The molecule has 2 aliphatic heterocycles. The van der Waals surface area contributed by atoms with Gasteiger partial charge >= 0.3 is 0 Å². The number of amides is 1. The molecule has 4 rings (SSSR count).